The van der Waals surface area contributed by atoms with Gasteiger partial charge >= 0.3 is 0 Å². The van der Waals surface area contributed by atoms with Crippen molar-refractivity contribution >= 4 is 60.2 Å². The molecule has 1 heteroatoms. The van der Waals surface area contributed by atoms with Gasteiger partial charge in [-0.25, -0.2) is 0 Å². The summed E-state index contributed by atoms with van der Waals surface area (Å²) in [6.45, 7) is 4.77. The van der Waals surface area contributed by atoms with Crippen molar-refractivity contribution in [3.63, 3.8) is 0 Å². The van der Waals surface area contributed by atoms with Gasteiger partial charge in [-0.15, -0.1) is 0 Å². The summed E-state index contributed by atoms with van der Waals surface area (Å²) >= 11 is 0. The Morgan fingerprint density at radius 1 is 0.290 bits per heavy atom. The van der Waals surface area contributed by atoms with Crippen molar-refractivity contribution < 1.29 is 0 Å². The zero-order chi connectivity index (χ0) is 41.4. The van der Waals surface area contributed by atoms with E-state index >= 15 is 0 Å². The third kappa shape index (κ3) is 5.77. The maximum Gasteiger partial charge on any atom is 0.0540 e. The minimum atomic E-state index is -0.194. The number of benzene rings is 11. The van der Waals surface area contributed by atoms with Gasteiger partial charge in [0.05, 0.1) is 5.69 Å². The summed E-state index contributed by atoms with van der Waals surface area (Å²) in [6.07, 6.45) is 0. The van der Waals surface area contributed by atoms with Crippen molar-refractivity contribution in [2.45, 2.75) is 19.3 Å². The Morgan fingerprint density at radius 3 is 1.40 bits per heavy atom. The smallest absolute Gasteiger partial charge is 0.0540 e. The van der Waals surface area contributed by atoms with Crippen LogP contribution in [0.1, 0.15) is 25.0 Å². The molecular weight excluding hydrogens is 747 g/mol. The van der Waals surface area contributed by atoms with Gasteiger partial charge < -0.3 is 4.90 Å². The van der Waals surface area contributed by atoms with E-state index in [9.17, 15) is 0 Å². The van der Waals surface area contributed by atoms with E-state index in [0.717, 1.165) is 17.1 Å². The Labute approximate surface area is 362 Å². The highest BCUT2D eigenvalue weighted by Gasteiger charge is 2.36. The van der Waals surface area contributed by atoms with E-state index in [1.807, 2.05) is 0 Å². The number of nitrogens with zero attached hydrogens (tertiary/aromatic N) is 1. The second kappa shape index (κ2) is 14.2. The maximum atomic E-state index is 2.45. The fourth-order valence-corrected chi connectivity index (χ4v) is 10.3. The molecule has 0 saturated heterocycles. The van der Waals surface area contributed by atoms with Crippen LogP contribution in [0.25, 0.3) is 87.6 Å². The van der Waals surface area contributed by atoms with Gasteiger partial charge in [-0.3, -0.25) is 0 Å². The molecule has 0 heterocycles. The first-order chi connectivity index (χ1) is 30.5. The van der Waals surface area contributed by atoms with Crippen LogP contribution < -0.4 is 4.90 Å². The van der Waals surface area contributed by atoms with Gasteiger partial charge in [-0.05, 0) is 136 Å². The van der Waals surface area contributed by atoms with Crippen LogP contribution in [0.2, 0.25) is 0 Å². The molecule has 0 aromatic heterocycles. The van der Waals surface area contributed by atoms with Gasteiger partial charge in [0.15, 0.2) is 0 Å². The molecule has 0 bridgehead atoms. The third-order valence-corrected chi connectivity index (χ3v) is 13.5. The fourth-order valence-electron chi connectivity index (χ4n) is 10.3. The molecule has 0 spiro atoms. The standard InChI is InChI=1S/C61H43N/c1-61(2)58-38-46(42-25-23-41(24-26-42)40-13-4-3-5-14-40)30-35-55(58)56-36-33-48(39-59(56)61)62(60-22-12-16-44-15-6-7-17-49(44)60)47-31-27-43(28-32-47)45-29-34-54-52-20-9-8-18-50(52)51-19-10-11-21-53(51)57(54)37-45/h3-39H,1-2H3. The minimum absolute atomic E-state index is 0.194. The van der Waals surface area contributed by atoms with Gasteiger partial charge in [0.1, 0.15) is 0 Å². The van der Waals surface area contributed by atoms with E-state index in [0.29, 0.717) is 0 Å². The molecule has 0 fully saturated rings. The molecule has 0 radical (unpaired) electrons. The number of hydrogen-bond donors (Lipinski definition) is 0. The Balaban J connectivity index is 0.940. The molecule has 1 aliphatic carbocycles. The fraction of sp³-hybridized carbons (Fsp3) is 0.0492. The Morgan fingerprint density at radius 2 is 0.726 bits per heavy atom. The molecule has 1 aliphatic rings. The summed E-state index contributed by atoms with van der Waals surface area (Å²) in [7, 11) is 0. The quantitative estimate of drug-likeness (QED) is 0.152. The number of rotatable bonds is 6. The van der Waals surface area contributed by atoms with Gasteiger partial charge in [0.25, 0.3) is 0 Å². The molecular formula is C61H43N. The molecule has 1 nitrogen and oxygen atoms in total. The zero-order valence-electron chi connectivity index (χ0n) is 34.8. The molecule has 62 heavy (non-hydrogen) atoms. The van der Waals surface area contributed by atoms with Crippen molar-refractivity contribution in [1.29, 1.82) is 0 Å². The zero-order valence-corrected chi connectivity index (χ0v) is 34.8. The van der Waals surface area contributed by atoms with E-state index in [1.54, 1.807) is 0 Å². The molecule has 12 rings (SSSR count). The van der Waals surface area contributed by atoms with E-state index in [4.69, 9.17) is 0 Å². The average Bonchev–Trinajstić information content (AvgIpc) is 3.56. The lowest BCUT2D eigenvalue weighted by Crippen LogP contribution is -2.16. The molecule has 0 saturated carbocycles. The van der Waals surface area contributed by atoms with Crippen LogP contribution in [0.3, 0.4) is 0 Å². The summed E-state index contributed by atoms with van der Waals surface area (Å²) in [5.74, 6) is 0. The predicted molar refractivity (Wildman–Crippen MR) is 265 cm³/mol. The Hall–Kier alpha value is -7.74. The molecule has 292 valence electrons. The van der Waals surface area contributed by atoms with Crippen molar-refractivity contribution in [3.8, 4) is 44.5 Å². The monoisotopic (exact) mass is 789 g/mol. The van der Waals surface area contributed by atoms with Gasteiger partial charge in [-0.1, -0.05) is 196 Å². The highest BCUT2D eigenvalue weighted by atomic mass is 15.1. The van der Waals surface area contributed by atoms with E-state index < -0.39 is 0 Å². The maximum absolute atomic E-state index is 2.45. The first-order valence-corrected chi connectivity index (χ1v) is 21.7. The lowest BCUT2D eigenvalue weighted by atomic mass is 9.81. The highest BCUT2D eigenvalue weighted by Crippen LogP contribution is 2.52. The van der Waals surface area contributed by atoms with Crippen molar-refractivity contribution in [2.24, 2.45) is 0 Å². The van der Waals surface area contributed by atoms with E-state index in [1.165, 1.54) is 98.7 Å². The molecule has 11 aromatic rings. The van der Waals surface area contributed by atoms with Crippen molar-refractivity contribution in [3.05, 3.63) is 236 Å². The summed E-state index contributed by atoms with van der Waals surface area (Å²) in [5.41, 5.74) is 15.9. The van der Waals surface area contributed by atoms with Crippen molar-refractivity contribution in [1.82, 2.24) is 0 Å². The lowest BCUT2D eigenvalue weighted by molar-refractivity contribution is 0.660. The molecule has 0 N–H and O–H groups in total. The number of hydrogen-bond acceptors (Lipinski definition) is 1. The second-order valence-electron chi connectivity index (χ2n) is 17.3. The first-order valence-electron chi connectivity index (χ1n) is 21.7. The minimum Gasteiger partial charge on any atom is -0.310 e. The summed E-state index contributed by atoms with van der Waals surface area (Å²) in [6, 6.07) is 82.9. The molecule has 0 aliphatic heterocycles. The second-order valence-corrected chi connectivity index (χ2v) is 17.3. The lowest BCUT2D eigenvalue weighted by Gasteiger charge is -2.29. The van der Waals surface area contributed by atoms with E-state index in [2.05, 4.69) is 243 Å². The van der Waals surface area contributed by atoms with Crippen LogP contribution in [-0.2, 0) is 5.41 Å². The van der Waals surface area contributed by atoms with Crippen LogP contribution in [0.5, 0.6) is 0 Å². The van der Waals surface area contributed by atoms with Crippen LogP contribution >= 0.6 is 0 Å². The third-order valence-electron chi connectivity index (χ3n) is 13.5. The Bertz CT molecular complexity index is 3480. The number of fused-ring (bicyclic) bond motifs is 10. The molecule has 0 atom stereocenters. The van der Waals surface area contributed by atoms with Crippen LogP contribution in [0.15, 0.2) is 224 Å². The Kier molecular flexibility index (Phi) is 8.27. The first kappa shape index (κ1) is 36.1. The average molecular weight is 790 g/mol. The van der Waals surface area contributed by atoms with Gasteiger partial charge in [-0.2, -0.15) is 0 Å². The SMILES string of the molecule is CC1(C)c2cc(-c3ccc(-c4ccccc4)cc3)ccc2-c2ccc(N(c3ccc(-c4ccc5c6ccccc6c6ccccc6c5c4)cc3)c3cccc4ccccc34)cc21. The normalized spacial score (nSPS) is 12.8. The van der Waals surface area contributed by atoms with Gasteiger partial charge in [0, 0.05) is 22.2 Å². The van der Waals surface area contributed by atoms with Crippen LogP contribution in [-0.4, -0.2) is 0 Å². The largest absolute Gasteiger partial charge is 0.310 e. The molecule has 0 amide bonds. The van der Waals surface area contributed by atoms with Crippen LogP contribution in [0, 0.1) is 0 Å². The molecule has 11 aromatic carbocycles. The summed E-state index contributed by atoms with van der Waals surface area (Å²) in [4.78, 5) is 2.45. The van der Waals surface area contributed by atoms with Crippen LogP contribution in [0.4, 0.5) is 17.1 Å². The predicted octanol–water partition coefficient (Wildman–Crippen LogP) is 17.1. The number of anilines is 3. The van der Waals surface area contributed by atoms with E-state index in [-0.39, 0.29) is 5.41 Å². The topological polar surface area (TPSA) is 3.24 Å². The van der Waals surface area contributed by atoms with Gasteiger partial charge in [0.2, 0.25) is 0 Å². The van der Waals surface area contributed by atoms with Crippen molar-refractivity contribution in [2.75, 3.05) is 4.90 Å². The summed E-state index contributed by atoms with van der Waals surface area (Å²) < 4.78 is 0. The summed E-state index contributed by atoms with van der Waals surface area (Å²) in [5, 5.41) is 10.2. The molecule has 0 unspecified atom stereocenters. The highest BCUT2D eigenvalue weighted by molar-refractivity contribution is 6.25.